The van der Waals surface area contributed by atoms with E-state index < -0.39 is 0 Å². The molecule has 0 aromatic carbocycles. The average molecular weight is 411 g/mol. The summed E-state index contributed by atoms with van der Waals surface area (Å²) in [5, 5.41) is 0. The molecule has 0 radical (unpaired) electrons. The Bertz CT molecular complexity index is 754. The predicted octanol–water partition coefficient (Wildman–Crippen LogP) is 9.20. The number of rotatable bonds is 1. The second-order valence-electron chi connectivity index (χ2n) is 14.5. The molecular formula is C30H50. The third-order valence-electron chi connectivity index (χ3n) is 12.9. The lowest BCUT2D eigenvalue weighted by molar-refractivity contribution is -0.116. The summed E-state index contributed by atoms with van der Waals surface area (Å²) in [6.07, 6.45) is 16.1. The fourth-order valence-corrected chi connectivity index (χ4v) is 11.3. The maximum atomic E-state index is 2.76. The number of fused-ring (bicyclic) bond motifs is 6. The van der Waals surface area contributed by atoms with Gasteiger partial charge in [0.2, 0.25) is 0 Å². The molecule has 0 heteroatoms. The van der Waals surface area contributed by atoms with Crippen LogP contribution in [0.1, 0.15) is 126 Å². The molecule has 0 aromatic rings. The Labute approximate surface area is 188 Å². The van der Waals surface area contributed by atoms with Crippen LogP contribution in [-0.2, 0) is 0 Å². The maximum Gasteiger partial charge on any atom is -0.00566 e. The first-order chi connectivity index (χ1) is 13.9. The van der Waals surface area contributed by atoms with Crippen LogP contribution in [0.25, 0.3) is 0 Å². The zero-order chi connectivity index (χ0) is 21.7. The van der Waals surface area contributed by atoms with Gasteiger partial charge in [0.05, 0.1) is 0 Å². The monoisotopic (exact) mass is 410 g/mol. The first-order valence-electron chi connectivity index (χ1n) is 13.6. The zero-order valence-corrected chi connectivity index (χ0v) is 21.6. The maximum absolute atomic E-state index is 2.76. The molecule has 0 amide bonds. The summed E-state index contributed by atoms with van der Waals surface area (Å²) >= 11 is 0. The lowest BCUT2D eigenvalue weighted by atomic mass is 9.37. The van der Waals surface area contributed by atoms with Crippen molar-refractivity contribution >= 4 is 0 Å². The molecule has 5 aliphatic carbocycles. The molecule has 0 heterocycles. The van der Waals surface area contributed by atoms with Crippen LogP contribution >= 0.6 is 0 Å². The zero-order valence-electron chi connectivity index (χ0n) is 21.6. The van der Waals surface area contributed by atoms with Crippen LogP contribution in [0.5, 0.6) is 0 Å². The first kappa shape index (κ1) is 21.6. The van der Waals surface area contributed by atoms with Crippen LogP contribution in [-0.4, -0.2) is 0 Å². The molecule has 0 aliphatic heterocycles. The Balaban J connectivity index is 1.58. The van der Waals surface area contributed by atoms with Gasteiger partial charge in [-0.3, -0.25) is 0 Å². The predicted molar refractivity (Wildman–Crippen MR) is 129 cm³/mol. The van der Waals surface area contributed by atoms with E-state index in [2.05, 4.69) is 55.4 Å². The fraction of sp³-hybridized carbons (Fsp3) is 0.933. The van der Waals surface area contributed by atoms with Gasteiger partial charge < -0.3 is 0 Å². The summed E-state index contributed by atoms with van der Waals surface area (Å²) in [6, 6.07) is 0. The molecule has 0 unspecified atom stereocenters. The summed E-state index contributed by atoms with van der Waals surface area (Å²) in [4.78, 5) is 0. The summed E-state index contributed by atoms with van der Waals surface area (Å²) in [7, 11) is 0. The van der Waals surface area contributed by atoms with Crippen molar-refractivity contribution in [3.05, 3.63) is 11.1 Å². The van der Waals surface area contributed by atoms with Crippen LogP contribution in [0.15, 0.2) is 11.1 Å². The van der Waals surface area contributed by atoms with E-state index in [1.165, 1.54) is 70.6 Å². The third-order valence-corrected chi connectivity index (χ3v) is 12.9. The minimum Gasteiger partial charge on any atom is -0.0642 e. The fourth-order valence-electron chi connectivity index (χ4n) is 11.3. The van der Waals surface area contributed by atoms with E-state index in [0.717, 1.165) is 23.7 Å². The minimum atomic E-state index is 0.464. The smallest absolute Gasteiger partial charge is 0.00566 e. The Morgan fingerprint density at radius 1 is 0.700 bits per heavy atom. The van der Waals surface area contributed by atoms with Crippen molar-refractivity contribution in [1.29, 1.82) is 0 Å². The van der Waals surface area contributed by atoms with Crippen LogP contribution in [0.4, 0.5) is 0 Å². The number of hydrogen-bond donors (Lipinski definition) is 0. The lowest BCUT2D eigenvalue weighted by Gasteiger charge is -2.67. The first-order valence-corrected chi connectivity index (χ1v) is 13.6. The lowest BCUT2D eigenvalue weighted by Crippen LogP contribution is -2.58. The molecular weight excluding hydrogens is 360 g/mol. The average Bonchev–Trinajstić information content (AvgIpc) is 3.01. The van der Waals surface area contributed by atoms with E-state index in [-0.39, 0.29) is 0 Å². The molecule has 170 valence electrons. The summed E-state index contributed by atoms with van der Waals surface area (Å²) in [5.41, 5.74) is 6.58. The van der Waals surface area contributed by atoms with Crippen LogP contribution in [0, 0.1) is 50.7 Å². The van der Waals surface area contributed by atoms with E-state index in [1.54, 1.807) is 0 Å². The van der Waals surface area contributed by atoms with E-state index in [0.29, 0.717) is 27.1 Å². The number of hydrogen-bond acceptors (Lipinski definition) is 0. The highest BCUT2D eigenvalue weighted by atomic mass is 14.7. The Morgan fingerprint density at radius 2 is 1.43 bits per heavy atom. The van der Waals surface area contributed by atoms with Gasteiger partial charge in [-0.1, -0.05) is 73.0 Å². The van der Waals surface area contributed by atoms with Gasteiger partial charge in [-0.05, 0) is 115 Å². The normalized spacial score (nSPS) is 52.5. The third kappa shape index (κ3) is 2.46. The van der Waals surface area contributed by atoms with Crippen LogP contribution < -0.4 is 0 Å². The molecule has 0 spiro atoms. The van der Waals surface area contributed by atoms with Crippen molar-refractivity contribution < 1.29 is 0 Å². The Kier molecular flexibility index (Phi) is 4.61. The molecule has 0 saturated heterocycles. The molecule has 0 nitrogen and oxygen atoms in total. The molecule has 0 N–H and O–H groups in total. The summed E-state index contributed by atoms with van der Waals surface area (Å²) < 4.78 is 0. The highest BCUT2D eigenvalue weighted by molar-refractivity contribution is 5.38. The molecule has 7 atom stereocenters. The van der Waals surface area contributed by atoms with Crippen molar-refractivity contribution in [2.45, 2.75) is 126 Å². The second-order valence-corrected chi connectivity index (χ2v) is 14.5. The van der Waals surface area contributed by atoms with E-state index in [4.69, 9.17) is 0 Å². The molecule has 30 heavy (non-hydrogen) atoms. The molecule has 0 aromatic heterocycles. The molecule has 5 aliphatic rings. The van der Waals surface area contributed by atoms with E-state index in [1.807, 2.05) is 11.1 Å². The second kappa shape index (κ2) is 6.41. The van der Waals surface area contributed by atoms with Gasteiger partial charge in [0.15, 0.2) is 0 Å². The van der Waals surface area contributed by atoms with Crippen LogP contribution in [0.3, 0.4) is 0 Å². The topological polar surface area (TPSA) is 0 Å². The van der Waals surface area contributed by atoms with E-state index >= 15 is 0 Å². The van der Waals surface area contributed by atoms with E-state index in [9.17, 15) is 0 Å². The van der Waals surface area contributed by atoms with Gasteiger partial charge in [0.1, 0.15) is 0 Å². The van der Waals surface area contributed by atoms with Gasteiger partial charge >= 0.3 is 0 Å². The SMILES string of the molecule is CC(C)[C@H]1CC[C@@H]2[C@]1(C)CC[C@]1(C)C3=C(CC[C@@]21C)[C@@]1(C)CCCC(C)(C)[C@@H]1CC3. The van der Waals surface area contributed by atoms with Crippen LogP contribution in [0.2, 0.25) is 0 Å². The van der Waals surface area contributed by atoms with Crippen molar-refractivity contribution in [2.75, 3.05) is 0 Å². The molecule has 5 rings (SSSR count). The summed E-state index contributed by atoms with van der Waals surface area (Å²) in [6.45, 7) is 21.1. The minimum absolute atomic E-state index is 0.464. The van der Waals surface area contributed by atoms with Gasteiger partial charge in [0.25, 0.3) is 0 Å². The molecule has 0 bridgehead atoms. The number of allylic oxidation sites excluding steroid dienone is 2. The molecule has 3 fully saturated rings. The van der Waals surface area contributed by atoms with Gasteiger partial charge in [0, 0.05) is 0 Å². The Morgan fingerprint density at radius 3 is 2.13 bits per heavy atom. The van der Waals surface area contributed by atoms with Gasteiger partial charge in [-0.25, -0.2) is 0 Å². The summed E-state index contributed by atoms with van der Waals surface area (Å²) in [5.74, 6) is 3.66. The van der Waals surface area contributed by atoms with Crippen molar-refractivity contribution in [3.63, 3.8) is 0 Å². The Hall–Kier alpha value is -0.260. The van der Waals surface area contributed by atoms with Crippen molar-refractivity contribution in [2.24, 2.45) is 50.7 Å². The standard InChI is InChI=1S/C30H50/c1-20(2)21-10-13-25-28(21,6)18-19-29(7)23-11-12-24-26(3,4)15-9-16-27(24,5)22(23)14-17-30(25,29)8/h20-21,24-25H,9-19H2,1-8H3/t21-,24+,25-,27-,28-,29-,30+/m1/s1. The molecule has 3 saturated carbocycles. The quantitative estimate of drug-likeness (QED) is 0.378. The van der Waals surface area contributed by atoms with Crippen molar-refractivity contribution in [1.82, 2.24) is 0 Å². The van der Waals surface area contributed by atoms with Gasteiger partial charge in [-0.15, -0.1) is 0 Å². The van der Waals surface area contributed by atoms with Gasteiger partial charge in [-0.2, -0.15) is 0 Å². The highest BCUT2D eigenvalue weighted by Gasteiger charge is 2.66. The van der Waals surface area contributed by atoms with Crippen molar-refractivity contribution in [3.8, 4) is 0 Å². The largest absolute Gasteiger partial charge is 0.0642 e. The highest BCUT2D eigenvalue weighted by Crippen LogP contribution is 2.75.